The lowest BCUT2D eigenvalue weighted by molar-refractivity contribution is -0.137. The third kappa shape index (κ3) is 5.26. The summed E-state index contributed by atoms with van der Waals surface area (Å²) in [6, 6.07) is 15.5. The lowest BCUT2D eigenvalue weighted by Gasteiger charge is -2.24. The molecule has 1 heterocycles. The number of benzene rings is 2. The molecule has 0 saturated carbocycles. The fraction of sp³-hybridized carbons (Fsp3) is 0.364. The van der Waals surface area contributed by atoms with Gasteiger partial charge < -0.3 is 23.9 Å². The van der Waals surface area contributed by atoms with Gasteiger partial charge in [0.25, 0.3) is 0 Å². The minimum atomic E-state index is -0.220. The highest BCUT2D eigenvalue weighted by molar-refractivity contribution is 6.01. The molecular formula is C22H26N2O5. The zero-order valence-corrected chi connectivity index (χ0v) is 17.0. The summed E-state index contributed by atoms with van der Waals surface area (Å²) in [7, 11) is 4.71. The van der Waals surface area contributed by atoms with Crippen LogP contribution in [0.15, 0.2) is 53.7 Å². The van der Waals surface area contributed by atoms with Crippen LogP contribution in [-0.4, -0.2) is 57.1 Å². The second-order valence-corrected chi connectivity index (χ2v) is 6.73. The number of methoxy groups -OCH3 is 3. The minimum Gasteiger partial charge on any atom is -0.493 e. The first-order valence-corrected chi connectivity index (χ1v) is 9.40. The van der Waals surface area contributed by atoms with Gasteiger partial charge in [-0.2, -0.15) is 0 Å². The predicted octanol–water partition coefficient (Wildman–Crippen LogP) is 2.87. The Morgan fingerprint density at radius 2 is 1.86 bits per heavy atom. The maximum Gasteiger partial charge on any atom is 0.248 e. The van der Waals surface area contributed by atoms with Crippen molar-refractivity contribution < 1.29 is 23.8 Å². The molecule has 7 heteroatoms. The molecule has 154 valence electrons. The fourth-order valence-corrected chi connectivity index (χ4v) is 3.23. The van der Waals surface area contributed by atoms with E-state index in [1.54, 1.807) is 19.1 Å². The molecule has 1 atom stereocenters. The molecule has 1 aliphatic heterocycles. The number of oxime groups is 1. The van der Waals surface area contributed by atoms with Gasteiger partial charge in [-0.25, -0.2) is 0 Å². The van der Waals surface area contributed by atoms with Gasteiger partial charge in [-0.3, -0.25) is 4.79 Å². The van der Waals surface area contributed by atoms with Crippen molar-refractivity contribution in [2.75, 3.05) is 34.5 Å². The van der Waals surface area contributed by atoms with E-state index in [1.807, 2.05) is 48.5 Å². The van der Waals surface area contributed by atoms with Gasteiger partial charge in [0.15, 0.2) is 17.6 Å². The van der Waals surface area contributed by atoms with E-state index >= 15 is 0 Å². The number of amides is 1. The van der Waals surface area contributed by atoms with Crippen molar-refractivity contribution in [2.24, 2.45) is 5.16 Å². The molecule has 0 spiro atoms. The number of hydrogen-bond donors (Lipinski definition) is 0. The van der Waals surface area contributed by atoms with Gasteiger partial charge in [-0.05, 0) is 23.8 Å². The maximum atomic E-state index is 12.5. The van der Waals surface area contributed by atoms with Crippen LogP contribution in [0.25, 0.3) is 0 Å². The molecule has 1 aliphatic rings. The van der Waals surface area contributed by atoms with Gasteiger partial charge >= 0.3 is 0 Å². The van der Waals surface area contributed by atoms with Crippen molar-refractivity contribution in [1.82, 2.24) is 4.90 Å². The molecule has 0 aliphatic carbocycles. The van der Waals surface area contributed by atoms with Gasteiger partial charge in [0.2, 0.25) is 5.91 Å². The van der Waals surface area contributed by atoms with Crippen molar-refractivity contribution >= 4 is 11.6 Å². The van der Waals surface area contributed by atoms with E-state index in [1.165, 1.54) is 7.11 Å². The van der Waals surface area contributed by atoms with E-state index < -0.39 is 0 Å². The van der Waals surface area contributed by atoms with E-state index in [0.29, 0.717) is 31.0 Å². The monoisotopic (exact) mass is 398 g/mol. The zero-order chi connectivity index (χ0) is 20.6. The Bertz CT molecular complexity index is 854. The highest BCUT2D eigenvalue weighted by Crippen LogP contribution is 2.29. The van der Waals surface area contributed by atoms with Crippen LogP contribution in [0.5, 0.6) is 11.5 Å². The Morgan fingerprint density at radius 1 is 1.10 bits per heavy atom. The average molecular weight is 398 g/mol. The van der Waals surface area contributed by atoms with Crippen LogP contribution in [0.1, 0.15) is 17.5 Å². The quantitative estimate of drug-likeness (QED) is 0.650. The largest absolute Gasteiger partial charge is 0.493 e. The highest BCUT2D eigenvalue weighted by atomic mass is 16.6. The van der Waals surface area contributed by atoms with Crippen LogP contribution in [-0.2, 0) is 20.9 Å². The molecule has 29 heavy (non-hydrogen) atoms. The van der Waals surface area contributed by atoms with Crippen LogP contribution >= 0.6 is 0 Å². The Kier molecular flexibility index (Phi) is 7.08. The predicted molar refractivity (Wildman–Crippen MR) is 109 cm³/mol. The third-order valence-electron chi connectivity index (χ3n) is 4.71. The first-order valence-electron chi connectivity index (χ1n) is 9.40. The Labute approximate surface area is 170 Å². The number of rotatable bonds is 9. The van der Waals surface area contributed by atoms with E-state index in [-0.39, 0.29) is 18.6 Å². The first-order chi connectivity index (χ1) is 14.1. The van der Waals surface area contributed by atoms with Crippen LogP contribution in [0, 0.1) is 0 Å². The number of ether oxygens (including phenoxy) is 3. The van der Waals surface area contributed by atoms with Crippen LogP contribution in [0.2, 0.25) is 0 Å². The fourth-order valence-electron chi connectivity index (χ4n) is 3.23. The minimum absolute atomic E-state index is 0.0307. The Morgan fingerprint density at radius 3 is 2.55 bits per heavy atom. The molecule has 0 unspecified atom stereocenters. The van der Waals surface area contributed by atoms with Crippen molar-refractivity contribution in [3.63, 3.8) is 0 Å². The van der Waals surface area contributed by atoms with E-state index in [4.69, 9.17) is 19.0 Å². The molecule has 7 nitrogen and oxygen atoms in total. The van der Waals surface area contributed by atoms with E-state index in [9.17, 15) is 4.79 Å². The average Bonchev–Trinajstić information content (AvgIpc) is 3.22. The first kappa shape index (κ1) is 20.7. The number of carbonyl (C=O) groups is 1. The van der Waals surface area contributed by atoms with Gasteiger partial charge in [-0.1, -0.05) is 35.5 Å². The van der Waals surface area contributed by atoms with Gasteiger partial charge in [0.05, 0.1) is 26.5 Å². The summed E-state index contributed by atoms with van der Waals surface area (Å²) >= 11 is 0. The lowest BCUT2D eigenvalue weighted by Crippen LogP contribution is -2.39. The third-order valence-corrected chi connectivity index (χ3v) is 4.71. The van der Waals surface area contributed by atoms with Crippen molar-refractivity contribution in [3.05, 3.63) is 59.7 Å². The second kappa shape index (κ2) is 9.93. The number of nitrogens with zero attached hydrogens (tertiary/aromatic N) is 2. The van der Waals surface area contributed by atoms with Crippen LogP contribution in [0.4, 0.5) is 0 Å². The van der Waals surface area contributed by atoms with Crippen molar-refractivity contribution in [2.45, 2.75) is 19.1 Å². The van der Waals surface area contributed by atoms with Gasteiger partial charge in [0.1, 0.15) is 6.61 Å². The summed E-state index contributed by atoms with van der Waals surface area (Å²) in [5, 5.41) is 4.23. The summed E-state index contributed by atoms with van der Waals surface area (Å²) in [6.45, 7) is 0.953. The van der Waals surface area contributed by atoms with Crippen molar-refractivity contribution in [1.29, 1.82) is 0 Å². The topological polar surface area (TPSA) is 69.6 Å². The Hall–Kier alpha value is -3.06. The molecule has 0 radical (unpaired) electrons. The smallest absolute Gasteiger partial charge is 0.248 e. The molecule has 1 amide bonds. The molecule has 0 fully saturated rings. The summed E-state index contributed by atoms with van der Waals surface area (Å²) < 4.78 is 15.7. The summed E-state index contributed by atoms with van der Waals surface area (Å²) in [6.07, 6.45) is 0.378. The standard InChI is InChI=1S/C22H26N2O5/c1-26-15-22(25)24(13-16-7-5-4-6-8-16)14-18-12-19(23-29-18)17-9-10-20(27-2)21(11-17)28-3/h4-11,18H,12-15H2,1-3H3/t18-/m1/s1. The zero-order valence-electron chi connectivity index (χ0n) is 17.0. The van der Waals surface area contributed by atoms with Crippen LogP contribution in [0.3, 0.4) is 0 Å². The number of hydrogen-bond acceptors (Lipinski definition) is 6. The molecular weight excluding hydrogens is 372 g/mol. The normalized spacial score (nSPS) is 15.4. The summed E-state index contributed by atoms with van der Waals surface area (Å²) in [5.74, 6) is 1.21. The lowest BCUT2D eigenvalue weighted by atomic mass is 10.0. The SMILES string of the molecule is COCC(=O)N(Cc1ccccc1)C[C@H]1CC(c2ccc(OC)c(OC)c2)=NO1. The van der Waals surface area contributed by atoms with Gasteiger partial charge in [0, 0.05) is 25.6 Å². The molecule has 2 aromatic rings. The molecule has 0 bridgehead atoms. The van der Waals surface area contributed by atoms with E-state index in [0.717, 1.165) is 16.8 Å². The summed E-state index contributed by atoms with van der Waals surface area (Å²) in [4.78, 5) is 19.9. The van der Waals surface area contributed by atoms with E-state index in [2.05, 4.69) is 5.16 Å². The number of carbonyl (C=O) groups excluding carboxylic acids is 1. The van der Waals surface area contributed by atoms with Crippen molar-refractivity contribution in [3.8, 4) is 11.5 Å². The molecule has 2 aromatic carbocycles. The second-order valence-electron chi connectivity index (χ2n) is 6.73. The van der Waals surface area contributed by atoms with Crippen LogP contribution < -0.4 is 9.47 Å². The summed E-state index contributed by atoms with van der Waals surface area (Å²) in [5.41, 5.74) is 2.77. The molecule has 0 N–H and O–H groups in total. The highest BCUT2D eigenvalue weighted by Gasteiger charge is 2.27. The molecule has 0 saturated heterocycles. The molecule has 3 rings (SSSR count). The maximum absolute atomic E-state index is 12.5. The Balaban J connectivity index is 1.67. The molecule has 0 aromatic heterocycles. The van der Waals surface area contributed by atoms with Gasteiger partial charge in [-0.15, -0.1) is 0 Å².